The second-order valence-electron chi connectivity index (χ2n) is 7.32. The number of quaternary nitrogens is 1. The first kappa shape index (κ1) is 23.0. The van der Waals surface area contributed by atoms with Crippen molar-refractivity contribution in [1.82, 2.24) is 4.48 Å². The predicted molar refractivity (Wildman–Crippen MR) is 124 cm³/mol. The average molecular weight is 435 g/mol. The van der Waals surface area contributed by atoms with E-state index in [0.717, 1.165) is 16.9 Å². The molecule has 0 aromatic heterocycles. The summed E-state index contributed by atoms with van der Waals surface area (Å²) in [4.78, 5) is 25.1. The van der Waals surface area contributed by atoms with Crippen LogP contribution in [0.3, 0.4) is 0 Å². The zero-order valence-corrected chi connectivity index (χ0v) is 18.6. The van der Waals surface area contributed by atoms with Crippen LogP contribution in [0, 0.1) is 0 Å². The molecule has 0 radical (unpaired) electrons. The van der Waals surface area contributed by atoms with Crippen molar-refractivity contribution in [2.75, 3.05) is 27.4 Å². The van der Waals surface area contributed by atoms with E-state index in [1.807, 2.05) is 78.9 Å². The molecule has 0 aliphatic heterocycles. The molecule has 0 unspecified atom stereocenters. The number of carbonyl (C=O) groups excluding carboxylic acids is 2. The quantitative estimate of drug-likeness (QED) is 0.362. The van der Waals surface area contributed by atoms with E-state index < -0.39 is 5.97 Å². The SMILES string of the molecule is COc1ccc(CC[N+](C(=O)COC(C)=O)(c2ccccc2)c2ccccc2)cc1OC. The highest BCUT2D eigenvalue weighted by atomic mass is 16.5. The lowest BCUT2D eigenvalue weighted by molar-refractivity contribution is -0.148. The first-order valence-electron chi connectivity index (χ1n) is 10.4. The molecule has 3 aromatic rings. The maximum atomic E-state index is 13.7. The molecule has 1 amide bonds. The van der Waals surface area contributed by atoms with E-state index in [2.05, 4.69) is 0 Å². The largest absolute Gasteiger partial charge is 0.493 e. The van der Waals surface area contributed by atoms with Crippen LogP contribution < -0.4 is 14.0 Å². The monoisotopic (exact) mass is 434 g/mol. The van der Waals surface area contributed by atoms with E-state index in [1.165, 1.54) is 6.92 Å². The minimum atomic E-state index is -0.488. The summed E-state index contributed by atoms with van der Waals surface area (Å²) in [6, 6.07) is 24.9. The van der Waals surface area contributed by atoms with Gasteiger partial charge in [0.1, 0.15) is 11.4 Å². The molecule has 3 aromatic carbocycles. The normalized spacial score (nSPS) is 11.0. The van der Waals surface area contributed by atoms with Gasteiger partial charge in [0.2, 0.25) is 6.61 Å². The Labute approximate surface area is 188 Å². The second-order valence-corrected chi connectivity index (χ2v) is 7.32. The molecule has 0 saturated heterocycles. The number of rotatable bonds is 9. The van der Waals surface area contributed by atoms with E-state index in [9.17, 15) is 9.59 Å². The van der Waals surface area contributed by atoms with Gasteiger partial charge in [-0.3, -0.25) is 4.79 Å². The summed E-state index contributed by atoms with van der Waals surface area (Å²) in [7, 11) is 3.19. The summed E-state index contributed by atoms with van der Waals surface area (Å²) < 4.78 is 15.8. The van der Waals surface area contributed by atoms with Gasteiger partial charge < -0.3 is 14.2 Å². The van der Waals surface area contributed by atoms with Gasteiger partial charge in [0, 0.05) is 37.6 Å². The Balaban J connectivity index is 2.06. The van der Waals surface area contributed by atoms with Gasteiger partial charge in [-0.1, -0.05) is 42.5 Å². The van der Waals surface area contributed by atoms with Gasteiger partial charge in [-0.2, -0.15) is 4.48 Å². The standard InChI is InChI=1S/C26H28NO5/c1-20(28)32-19-26(29)27(22-10-6-4-7-11-22,23-12-8-5-9-13-23)17-16-21-14-15-24(30-2)25(18-21)31-3/h4-15,18H,16-17,19H2,1-3H3/q+1. The van der Waals surface area contributed by atoms with Crippen LogP contribution in [0.1, 0.15) is 12.5 Å². The van der Waals surface area contributed by atoms with Crippen LogP contribution in [0.15, 0.2) is 78.9 Å². The molecule has 0 spiro atoms. The molecule has 0 aliphatic rings. The summed E-state index contributed by atoms with van der Waals surface area (Å²) in [5.41, 5.74) is 2.60. The molecular formula is C26H28NO5+. The minimum absolute atomic E-state index is 0.0801. The Kier molecular flexibility index (Phi) is 7.63. The number of amides is 1. The molecule has 0 N–H and O–H groups in total. The molecule has 0 saturated carbocycles. The minimum Gasteiger partial charge on any atom is -0.493 e. The number of esters is 1. The predicted octanol–water partition coefficient (Wildman–Crippen LogP) is 4.68. The van der Waals surface area contributed by atoms with E-state index >= 15 is 0 Å². The third kappa shape index (κ3) is 4.98. The summed E-state index contributed by atoms with van der Waals surface area (Å²) in [6.45, 7) is 1.42. The van der Waals surface area contributed by atoms with Crippen LogP contribution >= 0.6 is 0 Å². The van der Waals surface area contributed by atoms with Gasteiger partial charge in [-0.05, 0) is 17.7 Å². The fraction of sp³-hybridized carbons (Fsp3) is 0.231. The van der Waals surface area contributed by atoms with Crippen molar-refractivity contribution in [3.05, 3.63) is 84.4 Å². The number of benzene rings is 3. The lowest BCUT2D eigenvalue weighted by atomic mass is 10.1. The van der Waals surface area contributed by atoms with Crippen LogP contribution in [-0.4, -0.2) is 39.2 Å². The number of ether oxygens (including phenoxy) is 3. The van der Waals surface area contributed by atoms with Gasteiger partial charge in [-0.25, -0.2) is 4.79 Å². The molecule has 166 valence electrons. The molecule has 6 heteroatoms. The molecule has 6 nitrogen and oxygen atoms in total. The number of carbonyl (C=O) groups is 2. The molecule has 0 fully saturated rings. The maximum Gasteiger partial charge on any atom is 0.361 e. The van der Waals surface area contributed by atoms with Crippen molar-refractivity contribution in [2.24, 2.45) is 0 Å². The van der Waals surface area contributed by atoms with Crippen molar-refractivity contribution in [1.29, 1.82) is 0 Å². The molecule has 3 rings (SSSR count). The van der Waals surface area contributed by atoms with Crippen molar-refractivity contribution in [3.63, 3.8) is 0 Å². The lowest BCUT2D eigenvalue weighted by Crippen LogP contribution is -2.53. The fourth-order valence-electron chi connectivity index (χ4n) is 3.79. The Morgan fingerprint density at radius 1 is 0.781 bits per heavy atom. The molecule has 0 heterocycles. The third-order valence-electron chi connectivity index (χ3n) is 5.40. The summed E-state index contributed by atoms with van der Waals surface area (Å²) in [5, 5.41) is 0. The summed E-state index contributed by atoms with van der Waals surface area (Å²) in [5.74, 6) is 0.568. The van der Waals surface area contributed by atoms with Gasteiger partial charge in [0.05, 0.1) is 20.8 Å². The zero-order valence-electron chi connectivity index (χ0n) is 18.6. The fourth-order valence-corrected chi connectivity index (χ4v) is 3.79. The van der Waals surface area contributed by atoms with Crippen molar-refractivity contribution >= 4 is 23.3 Å². The van der Waals surface area contributed by atoms with Gasteiger partial charge in [0.25, 0.3) is 0 Å². The highest BCUT2D eigenvalue weighted by Crippen LogP contribution is 2.36. The topological polar surface area (TPSA) is 61.8 Å². The van der Waals surface area contributed by atoms with Crippen molar-refractivity contribution < 1.29 is 23.8 Å². The number of para-hydroxylation sites is 2. The number of hydrogen-bond donors (Lipinski definition) is 0. The van der Waals surface area contributed by atoms with E-state index in [1.54, 1.807) is 14.2 Å². The first-order valence-corrected chi connectivity index (χ1v) is 10.4. The molecule has 0 aliphatic carbocycles. The van der Waals surface area contributed by atoms with Crippen LogP contribution in [0.4, 0.5) is 11.4 Å². The Morgan fingerprint density at radius 2 is 1.34 bits per heavy atom. The lowest BCUT2D eigenvalue weighted by Gasteiger charge is -2.35. The second kappa shape index (κ2) is 10.6. The van der Waals surface area contributed by atoms with Gasteiger partial charge in [0.15, 0.2) is 11.5 Å². The van der Waals surface area contributed by atoms with Crippen LogP contribution in [0.2, 0.25) is 0 Å². The summed E-state index contributed by atoms with van der Waals surface area (Å²) >= 11 is 0. The van der Waals surface area contributed by atoms with Crippen molar-refractivity contribution in [3.8, 4) is 11.5 Å². The first-order chi connectivity index (χ1) is 15.5. The van der Waals surface area contributed by atoms with Gasteiger partial charge in [-0.15, -0.1) is 0 Å². The summed E-state index contributed by atoms with van der Waals surface area (Å²) in [6.07, 6.45) is 0.579. The number of methoxy groups -OCH3 is 2. The average Bonchev–Trinajstić information content (AvgIpc) is 2.84. The molecule has 32 heavy (non-hydrogen) atoms. The van der Waals surface area contributed by atoms with Crippen LogP contribution in [0.5, 0.6) is 11.5 Å². The zero-order chi connectivity index (χ0) is 23.0. The number of nitrogens with zero attached hydrogens (tertiary/aromatic N) is 1. The van der Waals surface area contributed by atoms with Crippen molar-refractivity contribution in [2.45, 2.75) is 13.3 Å². The van der Waals surface area contributed by atoms with E-state index in [0.29, 0.717) is 24.5 Å². The smallest absolute Gasteiger partial charge is 0.361 e. The third-order valence-corrected chi connectivity index (χ3v) is 5.40. The van der Waals surface area contributed by atoms with E-state index in [-0.39, 0.29) is 17.0 Å². The molecule has 0 bridgehead atoms. The Hall–Kier alpha value is -3.64. The van der Waals surface area contributed by atoms with Crippen LogP contribution in [0.25, 0.3) is 0 Å². The van der Waals surface area contributed by atoms with Crippen LogP contribution in [-0.2, 0) is 20.7 Å². The highest BCUT2D eigenvalue weighted by molar-refractivity contribution is 5.96. The molecule has 0 atom stereocenters. The Morgan fingerprint density at radius 3 is 1.84 bits per heavy atom. The number of hydrogen-bond acceptors (Lipinski definition) is 5. The molecular weight excluding hydrogens is 406 g/mol. The Bertz CT molecular complexity index is 1010. The highest BCUT2D eigenvalue weighted by Gasteiger charge is 2.41. The van der Waals surface area contributed by atoms with Gasteiger partial charge >= 0.3 is 11.9 Å². The van der Waals surface area contributed by atoms with E-state index in [4.69, 9.17) is 14.2 Å². The maximum absolute atomic E-state index is 13.7.